The summed E-state index contributed by atoms with van der Waals surface area (Å²) < 4.78 is 0.775. The molecule has 0 spiro atoms. The van der Waals surface area contributed by atoms with Gasteiger partial charge in [0.05, 0.1) is 0 Å². The van der Waals surface area contributed by atoms with Crippen LogP contribution in [0.4, 0.5) is 0 Å². The van der Waals surface area contributed by atoms with Crippen molar-refractivity contribution in [3.8, 4) is 0 Å². The first kappa shape index (κ1) is 22.5. The summed E-state index contributed by atoms with van der Waals surface area (Å²) in [7, 11) is 0. The van der Waals surface area contributed by atoms with E-state index in [4.69, 9.17) is 5.11 Å². The molecule has 3 atom stereocenters. The molecule has 0 bridgehead atoms. The molecular formula is C23H33NO3S2. The van der Waals surface area contributed by atoms with E-state index >= 15 is 0 Å². The smallest absolute Gasteiger partial charge is 0.355 e. The van der Waals surface area contributed by atoms with Crippen molar-refractivity contribution < 1.29 is 14.7 Å². The minimum absolute atomic E-state index is 0.109. The molecule has 160 valence electrons. The Morgan fingerprint density at radius 2 is 2.14 bits per heavy atom. The van der Waals surface area contributed by atoms with Gasteiger partial charge in [-0.25, -0.2) is 9.78 Å². The maximum atomic E-state index is 12.3. The van der Waals surface area contributed by atoms with Crippen LogP contribution in [0.1, 0.15) is 81.6 Å². The van der Waals surface area contributed by atoms with E-state index in [0.29, 0.717) is 18.1 Å². The number of rotatable bonds is 10. The van der Waals surface area contributed by atoms with Gasteiger partial charge in [0.1, 0.15) is 5.78 Å². The highest BCUT2D eigenvalue weighted by Crippen LogP contribution is 2.35. The molecule has 29 heavy (non-hydrogen) atoms. The van der Waals surface area contributed by atoms with Crippen molar-refractivity contribution in [2.45, 2.75) is 75.5 Å². The Bertz CT molecular complexity index is 709. The number of thiazole rings is 1. The van der Waals surface area contributed by atoms with Crippen LogP contribution in [0.15, 0.2) is 21.9 Å². The molecule has 2 aliphatic carbocycles. The van der Waals surface area contributed by atoms with E-state index in [1.54, 1.807) is 17.1 Å². The molecule has 1 aromatic rings. The molecule has 0 aliphatic heterocycles. The van der Waals surface area contributed by atoms with Crippen molar-refractivity contribution in [2.75, 3.05) is 5.75 Å². The number of Topliss-reactive ketones (excluding diaryl/α,β-unsaturated/α-hetero) is 1. The van der Waals surface area contributed by atoms with Gasteiger partial charge in [0, 0.05) is 23.5 Å². The van der Waals surface area contributed by atoms with Crippen LogP contribution in [0.5, 0.6) is 0 Å². The van der Waals surface area contributed by atoms with Gasteiger partial charge in [-0.2, -0.15) is 0 Å². The normalized spacial score (nSPS) is 24.4. The number of carbonyl (C=O) groups is 2. The van der Waals surface area contributed by atoms with Crippen molar-refractivity contribution in [1.29, 1.82) is 0 Å². The summed E-state index contributed by atoms with van der Waals surface area (Å²) in [5, 5.41) is 10.5. The van der Waals surface area contributed by atoms with E-state index in [0.717, 1.165) is 41.2 Å². The molecule has 0 amide bonds. The summed E-state index contributed by atoms with van der Waals surface area (Å²) in [6, 6.07) is 0. The fraction of sp³-hybridized carbons (Fsp3) is 0.696. The Labute approximate surface area is 182 Å². The number of allylic oxidation sites excluding steroid dienone is 2. The number of nitrogens with zero attached hydrogens (tertiary/aromatic N) is 1. The molecule has 4 nitrogen and oxygen atoms in total. The Morgan fingerprint density at radius 1 is 1.34 bits per heavy atom. The maximum absolute atomic E-state index is 12.3. The molecule has 2 saturated carbocycles. The molecule has 2 aliphatic rings. The van der Waals surface area contributed by atoms with Crippen LogP contribution in [-0.2, 0) is 4.79 Å². The second-order valence-corrected chi connectivity index (χ2v) is 10.9. The first-order valence-corrected chi connectivity index (χ1v) is 12.9. The van der Waals surface area contributed by atoms with Gasteiger partial charge in [-0.1, -0.05) is 62.9 Å². The third kappa shape index (κ3) is 6.95. The zero-order valence-electron chi connectivity index (χ0n) is 17.3. The largest absolute Gasteiger partial charge is 0.476 e. The fourth-order valence-corrected chi connectivity index (χ4v) is 6.70. The minimum Gasteiger partial charge on any atom is -0.476 e. The molecular weight excluding hydrogens is 402 g/mol. The highest BCUT2D eigenvalue weighted by atomic mass is 32.2. The van der Waals surface area contributed by atoms with E-state index in [9.17, 15) is 9.59 Å². The minimum atomic E-state index is -0.984. The number of ketones is 1. The van der Waals surface area contributed by atoms with E-state index in [1.165, 1.54) is 49.9 Å². The van der Waals surface area contributed by atoms with Crippen LogP contribution in [0.2, 0.25) is 0 Å². The van der Waals surface area contributed by atoms with Crippen LogP contribution in [-0.4, -0.2) is 27.6 Å². The molecule has 1 N–H and O–H groups in total. The molecule has 0 aromatic carbocycles. The van der Waals surface area contributed by atoms with E-state index in [1.807, 2.05) is 0 Å². The number of carboxylic acid groups (broad SMARTS) is 1. The second kappa shape index (κ2) is 11.3. The zero-order valence-corrected chi connectivity index (χ0v) is 19.0. The summed E-state index contributed by atoms with van der Waals surface area (Å²) in [4.78, 5) is 27.4. The monoisotopic (exact) mass is 435 g/mol. The molecule has 0 saturated heterocycles. The van der Waals surface area contributed by atoms with Crippen molar-refractivity contribution in [3.05, 3.63) is 23.2 Å². The lowest BCUT2D eigenvalue weighted by Gasteiger charge is -2.24. The fourth-order valence-electron chi connectivity index (χ4n) is 4.81. The highest BCUT2D eigenvalue weighted by Gasteiger charge is 2.32. The van der Waals surface area contributed by atoms with Crippen molar-refractivity contribution in [2.24, 2.45) is 23.7 Å². The maximum Gasteiger partial charge on any atom is 0.355 e. The lowest BCUT2D eigenvalue weighted by molar-refractivity contribution is -0.121. The lowest BCUT2D eigenvalue weighted by Crippen LogP contribution is -2.14. The van der Waals surface area contributed by atoms with Gasteiger partial charge in [0.2, 0.25) is 0 Å². The summed E-state index contributed by atoms with van der Waals surface area (Å²) in [6.07, 6.45) is 16.7. The highest BCUT2D eigenvalue weighted by molar-refractivity contribution is 8.01. The molecule has 6 heteroatoms. The average molecular weight is 436 g/mol. The predicted molar refractivity (Wildman–Crippen MR) is 120 cm³/mol. The van der Waals surface area contributed by atoms with Crippen LogP contribution >= 0.6 is 23.1 Å². The molecule has 2 unspecified atom stereocenters. The molecule has 0 radical (unpaired) electrons. The van der Waals surface area contributed by atoms with E-state index < -0.39 is 5.97 Å². The van der Waals surface area contributed by atoms with Gasteiger partial charge < -0.3 is 5.11 Å². The van der Waals surface area contributed by atoms with Gasteiger partial charge in [0.25, 0.3) is 0 Å². The Hall–Kier alpha value is -1.14. The number of aromatic nitrogens is 1. The van der Waals surface area contributed by atoms with Crippen LogP contribution in [0, 0.1) is 23.7 Å². The molecule has 1 aromatic heterocycles. The first-order valence-electron chi connectivity index (χ1n) is 11.0. The predicted octanol–water partition coefficient (Wildman–Crippen LogP) is 6.47. The van der Waals surface area contributed by atoms with Gasteiger partial charge in [-0.3, -0.25) is 4.79 Å². The van der Waals surface area contributed by atoms with Crippen molar-refractivity contribution >= 4 is 34.9 Å². The van der Waals surface area contributed by atoms with E-state index in [-0.39, 0.29) is 11.6 Å². The number of carbonyl (C=O) groups excluding carboxylic acids is 1. The van der Waals surface area contributed by atoms with Gasteiger partial charge in [-0.15, -0.1) is 11.3 Å². The Morgan fingerprint density at radius 3 is 2.86 bits per heavy atom. The SMILES string of the molecule is CC(C/C=C/C1CCC(=O)[C@@H]1CCSc1nc(C(=O)O)cs1)CC1CCCCC1. The zero-order chi connectivity index (χ0) is 20.6. The average Bonchev–Trinajstić information content (AvgIpc) is 3.31. The summed E-state index contributed by atoms with van der Waals surface area (Å²) in [5.41, 5.74) is 0.109. The lowest BCUT2D eigenvalue weighted by atomic mass is 9.82. The van der Waals surface area contributed by atoms with Gasteiger partial charge >= 0.3 is 5.97 Å². The summed E-state index contributed by atoms with van der Waals surface area (Å²) in [6.45, 7) is 2.37. The number of thioether (sulfide) groups is 1. The second-order valence-electron chi connectivity index (χ2n) is 8.73. The summed E-state index contributed by atoms with van der Waals surface area (Å²) >= 11 is 2.93. The van der Waals surface area contributed by atoms with Crippen LogP contribution < -0.4 is 0 Å². The molecule has 3 rings (SSSR count). The first-order chi connectivity index (χ1) is 14.0. The Kier molecular flexibility index (Phi) is 8.79. The third-order valence-corrected chi connectivity index (χ3v) is 8.45. The molecule has 2 fully saturated rings. The van der Waals surface area contributed by atoms with Gasteiger partial charge in [0.15, 0.2) is 10.0 Å². The Balaban J connectivity index is 1.41. The van der Waals surface area contributed by atoms with Gasteiger partial charge in [-0.05, 0) is 43.4 Å². The topological polar surface area (TPSA) is 67.3 Å². The van der Waals surface area contributed by atoms with Crippen LogP contribution in [0.25, 0.3) is 0 Å². The van der Waals surface area contributed by atoms with Crippen LogP contribution in [0.3, 0.4) is 0 Å². The number of hydrogen-bond donors (Lipinski definition) is 1. The quantitative estimate of drug-likeness (QED) is 0.337. The number of carboxylic acids is 1. The third-order valence-electron chi connectivity index (χ3n) is 6.39. The number of hydrogen-bond acceptors (Lipinski definition) is 5. The van der Waals surface area contributed by atoms with Crippen molar-refractivity contribution in [3.63, 3.8) is 0 Å². The van der Waals surface area contributed by atoms with E-state index in [2.05, 4.69) is 24.1 Å². The molecule has 1 heterocycles. The van der Waals surface area contributed by atoms with Crippen molar-refractivity contribution in [1.82, 2.24) is 4.98 Å². The summed E-state index contributed by atoms with van der Waals surface area (Å²) in [5.74, 6) is 2.36. The number of aromatic carboxylic acids is 1. The standard InChI is InChI=1S/C23H33NO3S2/c1-16(14-17-7-3-2-4-8-17)6-5-9-18-10-11-21(25)19(18)12-13-28-23-24-20(15-29-23)22(26)27/h5,9,15-19H,2-4,6-8,10-14H2,1H3,(H,26,27)/b9-5+/t16?,18?,19-/m1/s1.